The van der Waals surface area contributed by atoms with E-state index in [0.29, 0.717) is 12.5 Å². The first-order valence-corrected chi connectivity index (χ1v) is 7.72. The van der Waals surface area contributed by atoms with Crippen molar-refractivity contribution < 1.29 is 18.1 Å². The van der Waals surface area contributed by atoms with E-state index in [1.54, 1.807) is 0 Å². The minimum atomic E-state index is -3.48. The van der Waals surface area contributed by atoms with E-state index in [4.69, 9.17) is 36.8 Å². The molecule has 0 saturated carbocycles. The van der Waals surface area contributed by atoms with Crippen molar-refractivity contribution in [1.82, 2.24) is 0 Å². The number of hydrogen-bond donors (Lipinski definition) is 0. The SMILES string of the molecule is CC(C)CCOP(=O)(OCCCl)OCCCl. The molecule has 0 heterocycles. The normalized spacial score (nSPS) is 12.3. The fourth-order valence-corrected chi connectivity index (χ4v) is 2.36. The van der Waals surface area contributed by atoms with Crippen LogP contribution >= 0.6 is 31.0 Å². The molecule has 0 amide bonds. The van der Waals surface area contributed by atoms with Gasteiger partial charge >= 0.3 is 7.82 Å². The molecule has 0 aromatic rings. The zero-order valence-corrected chi connectivity index (χ0v) is 12.1. The molecule has 0 atom stereocenters. The zero-order chi connectivity index (χ0) is 12.4. The molecule has 0 bridgehead atoms. The van der Waals surface area contributed by atoms with E-state index in [9.17, 15) is 4.57 Å². The van der Waals surface area contributed by atoms with Gasteiger partial charge in [-0.25, -0.2) is 4.57 Å². The summed E-state index contributed by atoms with van der Waals surface area (Å²) >= 11 is 10.9. The molecule has 0 aliphatic heterocycles. The molecule has 0 rings (SSSR count). The molecule has 7 heteroatoms. The summed E-state index contributed by atoms with van der Waals surface area (Å²) in [7, 11) is -3.48. The predicted octanol–water partition coefficient (Wildman–Crippen LogP) is 3.67. The third kappa shape index (κ3) is 8.80. The highest BCUT2D eigenvalue weighted by Crippen LogP contribution is 2.49. The van der Waals surface area contributed by atoms with Crippen molar-refractivity contribution >= 4 is 31.0 Å². The van der Waals surface area contributed by atoms with Crippen LogP contribution in [0.5, 0.6) is 0 Å². The van der Waals surface area contributed by atoms with Gasteiger partial charge in [-0.2, -0.15) is 0 Å². The Balaban J connectivity index is 4.02. The molecule has 0 spiro atoms. The van der Waals surface area contributed by atoms with Gasteiger partial charge in [0.2, 0.25) is 0 Å². The van der Waals surface area contributed by atoms with Crippen LogP contribution in [0.2, 0.25) is 0 Å². The Hall–Kier alpha value is 0.690. The third-order valence-corrected chi connectivity index (χ3v) is 3.40. The molecule has 0 aliphatic rings. The zero-order valence-electron chi connectivity index (χ0n) is 9.66. The first-order chi connectivity index (χ1) is 7.54. The first-order valence-electron chi connectivity index (χ1n) is 5.19. The number of phosphoric acid groups is 1. The molecule has 0 N–H and O–H groups in total. The van der Waals surface area contributed by atoms with Gasteiger partial charge in [0.1, 0.15) is 0 Å². The number of rotatable bonds is 10. The van der Waals surface area contributed by atoms with Crippen LogP contribution in [0, 0.1) is 5.92 Å². The minimum Gasteiger partial charge on any atom is -0.287 e. The van der Waals surface area contributed by atoms with Crippen LogP contribution in [0.15, 0.2) is 0 Å². The average Bonchev–Trinajstić information content (AvgIpc) is 2.23. The summed E-state index contributed by atoms with van der Waals surface area (Å²) < 4.78 is 27.0. The van der Waals surface area contributed by atoms with E-state index in [1.165, 1.54) is 0 Å². The van der Waals surface area contributed by atoms with Gasteiger partial charge < -0.3 is 0 Å². The monoisotopic (exact) mass is 292 g/mol. The molecule has 0 aromatic heterocycles. The second-order valence-corrected chi connectivity index (χ2v) is 5.93. The minimum absolute atomic E-state index is 0.128. The first kappa shape index (κ1) is 16.7. The highest BCUT2D eigenvalue weighted by Gasteiger charge is 2.26. The van der Waals surface area contributed by atoms with Gasteiger partial charge in [-0.15, -0.1) is 23.2 Å². The highest BCUT2D eigenvalue weighted by molar-refractivity contribution is 7.48. The summed E-state index contributed by atoms with van der Waals surface area (Å²) in [6.45, 7) is 4.69. The second-order valence-electron chi connectivity index (χ2n) is 3.51. The van der Waals surface area contributed by atoms with Gasteiger partial charge in [-0.1, -0.05) is 13.8 Å². The maximum absolute atomic E-state index is 11.9. The van der Waals surface area contributed by atoms with Crippen molar-refractivity contribution in [3.63, 3.8) is 0 Å². The van der Waals surface area contributed by atoms with Gasteiger partial charge in [-0.3, -0.25) is 13.6 Å². The van der Waals surface area contributed by atoms with Crippen LogP contribution in [-0.2, 0) is 18.1 Å². The summed E-state index contributed by atoms with van der Waals surface area (Å²) in [5, 5.41) is 0. The van der Waals surface area contributed by atoms with E-state index in [-0.39, 0.29) is 25.0 Å². The Morgan fingerprint density at radius 1 is 1.00 bits per heavy atom. The van der Waals surface area contributed by atoms with Crippen LogP contribution in [-0.4, -0.2) is 31.6 Å². The van der Waals surface area contributed by atoms with Crippen LogP contribution in [0.1, 0.15) is 20.3 Å². The van der Waals surface area contributed by atoms with Gasteiger partial charge in [0.15, 0.2) is 0 Å². The standard InChI is InChI=1S/C9H19Cl2O4P/c1-9(2)3-6-13-16(12,14-7-4-10)15-8-5-11/h9H,3-8H2,1-2H3. The Morgan fingerprint density at radius 2 is 1.44 bits per heavy atom. The number of alkyl halides is 2. The van der Waals surface area contributed by atoms with Crippen molar-refractivity contribution in [1.29, 1.82) is 0 Å². The van der Waals surface area contributed by atoms with Crippen molar-refractivity contribution in [2.24, 2.45) is 5.92 Å². The molecule has 4 nitrogen and oxygen atoms in total. The topological polar surface area (TPSA) is 44.8 Å². The summed E-state index contributed by atoms with van der Waals surface area (Å²) in [6, 6.07) is 0. The van der Waals surface area contributed by atoms with E-state index >= 15 is 0 Å². The number of phosphoric ester groups is 1. The van der Waals surface area contributed by atoms with Crippen molar-refractivity contribution in [2.45, 2.75) is 20.3 Å². The largest absolute Gasteiger partial charge is 0.474 e. The Kier molecular flexibility index (Phi) is 10.1. The van der Waals surface area contributed by atoms with Gasteiger partial charge in [0.25, 0.3) is 0 Å². The molecule has 0 fully saturated rings. The van der Waals surface area contributed by atoms with Gasteiger partial charge in [-0.05, 0) is 12.3 Å². The maximum atomic E-state index is 11.9. The molecule has 0 radical (unpaired) electrons. The fraction of sp³-hybridized carbons (Fsp3) is 1.00. The highest BCUT2D eigenvalue weighted by atomic mass is 35.5. The maximum Gasteiger partial charge on any atom is 0.474 e. The fourth-order valence-electron chi connectivity index (χ4n) is 0.805. The molecular formula is C9H19Cl2O4P. The third-order valence-electron chi connectivity index (χ3n) is 1.60. The van der Waals surface area contributed by atoms with Crippen molar-refractivity contribution in [3.05, 3.63) is 0 Å². The molecule has 0 aliphatic carbocycles. The molecule has 0 unspecified atom stereocenters. The molecule has 0 aromatic carbocycles. The van der Waals surface area contributed by atoms with E-state index in [2.05, 4.69) is 0 Å². The Labute approximate surface area is 107 Å². The Morgan fingerprint density at radius 3 is 1.81 bits per heavy atom. The lowest BCUT2D eigenvalue weighted by atomic mass is 10.2. The summed E-state index contributed by atoms with van der Waals surface area (Å²) in [6.07, 6.45) is 0.790. The second kappa shape index (κ2) is 9.69. The molecule has 0 saturated heterocycles. The summed E-state index contributed by atoms with van der Waals surface area (Å²) in [4.78, 5) is 0. The van der Waals surface area contributed by atoms with Crippen molar-refractivity contribution in [2.75, 3.05) is 31.6 Å². The van der Waals surface area contributed by atoms with Crippen LogP contribution in [0.3, 0.4) is 0 Å². The lowest BCUT2D eigenvalue weighted by Crippen LogP contribution is -2.06. The van der Waals surface area contributed by atoms with Crippen molar-refractivity contribution in [3.8, 4) is 0 Å². The lowest BCUT2D eigenvalue weighted by molar-refractivity contribution is 0.118. The van der Waals surface area contributed by atoms with E-state index < -0.39 is 7.82 Å². The molecule has 16 heavy (non-hydrogen) atoms. The molecule has 98 valence electrons. The number of halogens is 2. The number of hydrogen-bond acceptors (Lipinski definition) is 4. The van der Waals surface area contributed by atoms with Crippen LogP contribution in [0.25, 0.3) is 0 Å². The Bertz CT molecular complexity index is 202. The molecular weight excluding hydrogens is 274 g/mol. The van der Waals surface area contributed by atoms with E-state index in [0.717, 1.165) is 6.42 Å². The van der Waals surface area contributed by atoms with E-state index in [1.807, 2.05) is 13.8 Å². The lowest BCUT2D eigenvalue weighted by Gasteiger charge is -2.17. The summed E-state index contributed by atoms with van der Waals surface area (Å²) in [5.74, 6) is 0.943. The van der Waals surface area contributed by atoms with Gasteiger partial charge in [0, 0.05) is 11.8 Å². The summed E-state index contributed by atoms with van der Waals surface area (Å²) in [5.41, 5.74) is 0. The van der Waals surface area contributed by atoms with Crippen LogP contribution < -0.4 is 0 Å². The van der Waals surface area contributed by atoms with Gasteiger partial charge in [0.05, 0.1) is 19.8 Å². The quantitative estimate of drug-likeness (QED) is 0.455. The van der Waals surface area contributed by atoms with Crippen LogP contribution in [0.4, 0.5) is 0 Å². The average molecular weight is 293 g/mol. The smallest absolute Gasteiger partial charge is 0.287 e. The predicted molar refractivity (Wildman–Crippen MR) is 66.4 cm³/mol.